The largest absolute Gasteiger partial charge is 0.298 e. The van der Waals surface area contributed by atoms with Gasteiger partial charge in [0.1, 0.15) is 0 Å². The molecule has 0 radical (unpaired) electrons. The molecule has 1 aromatic rings. The van der Waals surface area contributed by atoms with Crippen molar-refractivity contribution < 1.29 is 13.2 Å². The second kappa shape index (κ2) is 3.76. The Labute approximate surface area is 112 Å². The van der Waals surface area contributed by atoms with E-state index in [1.165, 1.54) is 6.07 Å². The molecule has 1 aromatic carbocycles. The number of fused-ring (bicyclic) bond motifs is 2. The minimum atomic E-state index is -3.62. The maximum atomic E-state index is 12.6. The predicted molar refractivity (Wildman–Crippen MR) is 72.5 cm³/mol. The van der Waals surface area contributed by atoms with Crippen molar-refractivity contribution in [3.8, 4) is 0 Å². The maximum Gasteiger partial charge on any atom is 0.195 e. The smallest absolute Gasteiger partial charge is 0.195 e. The van der Waals surface area contributed by atoms with Crippen LogP contribution in [0.5, 0.6) is 0 Å². The summed E-state index contributed by atoms with van der Waals surface area (Å²) in [4.78, 5) is 16.8. The number of nitrogens with zero attached hydrogens (tertiary/aromatic N) is 1. The Morgan fingerprint density at radius 2 is 1.89 bits per heavy atom. The molecular weight excluding hydrogens is 262 g/mol. The predicted octanol–water partition coefficient (Wildman–Crippen LogP) is 2.30. The fourth-order valence-electron chi connectivity index (χ4n) is 2.92. The van der Waals surface area contributed by atoms with E-state index >= 15 is 0 Å². The zero-order valence-corrected chi connectivity index (χ0v) is 11.7. The van der Waals surface area contributed by atoms with Gasteiger partial charge in [0, 0.05) is 12.1 Å². The number of rotatable bonds is 0. The van der Waals surface area contributed by atoms with Gasteiger partial charge in [0.05, 0.1) is 10.6 Å². The van der Waals surface area contributed by atoms with Gasteiger partial charge in [0.25, 0.3) is 0 Å². The highest BCUT2D eigenvalue weighted by atomic mass is 32.2. The molecule has 3 rings (SSSR count). The van der Waals surface area contributed by atoms with Gasteiger partial charge >= 0.3 is 0 Å². The molecule has 5 heteroatoms. The quantitative estimate of drug-likeness (QED) is 0.731. The average Bonchev–Trinajstić information content (AvgIpc) is 2.25. The van der Waals surface area contributed by atoms with Crippen LogP contribution in [-0.2, 0) is 14.6 Å². The van der Waals surface area contributed by atoms with Crippen LogP contribution < -0.4 is 0 Å². The van der Waals surface area contributed by atoms with Crippen molar-refractivity contribution >= 4 is 27.0 Å². The van der Waals surface area contributed by atoms with Crippen LogP contribution in [0, 0.1) is 5.41 Å². The van der Waals surface area contributed by atoms with E-state index in [4.69, 9.17) is 0 Å². The van der Waals surface area contributed by atoms with Gasteiger partial charge in [-0.2, -0.15) is 0 Å². The van der Waals surface area contributed by atoms with Crippen LogP contribution in [0.2, 0.25) is 0 Å². The number of carbonyl (C=O) groups excluding carboxylic acids is 1. The first-order valence-corrected chi connectivity index (χ1v) is 7.79. The van der Waals surface area contributed by atoms with Crippen molar-refractivity contribution in [1.82, 2.24) is 0 Å². The molecule has 1 atom stereocenters. The first-order chi connectivity index (χ1) is 8.81. The molecular formula is C14H15NO3S. The van der Waals surface area contributed by atoms with E-state index in [2.05, 4.69) is 4.99 Å². The summed E-state index contributed by atoms with van der Waals surface area (Å²) in [7, 11) is -3.62. The minimum Gasteiger partial charge on any atom is -0.298 e. The highest BCUT2D eigenvalue weighted by Gasteiger charge is 2.48. The van der Waals surface area contributed by atoms with Gasteiger partial charge < -0.3 is 0 Å². The van der Waals surface area contributed by atoms with Crippen molar-refractivity contribution in [2.45, 2.75) is 36.8 Å². The maximum absolute atomic E-state index is 12.6. The second-order valence-electron chi connectivity index (χ2n) is 5.98. The standard InChI is InChI=1S/C14H15NO3S/c1-14(2)7-10-13(11(16)8-14)19(17,18)12-6-4-3-5-9(12)15-10/h3-6,13H,7-8H2,1-2H3/t13-/m0/s1. The fraction of sp³-hybridized carbons (Fsp3) is 0.429. The number of carbonyl (C=O) groups is 1. The molecule has 1 fully saturated rings. The van der Waals surface area contributed by atoms with Gasteiger partial charge in [0.15, 0.2) is 20.9 Å². The van der Waals surface area contributed by atoms with Crippen LogP contribution in [0.3, 0.4) is 0 Å². The second-order valence-corrected chi connectivity index (χ2v) is 7.98. The normalized spacial score (nSPS) is 27.2. The van der Waals surface area contributed by atoms with E-state index in [-0.39, 0.29) is 22.5 Å². The number of aliphatic imine (C=N–C) groups is 1. The topological polar surface area (TPSA) is 63.6 Å². The van der Waals surface area contributed by atoms with E-state index in [9.17, 15) is 13.2 Å². The first kappa shape index (κ1) is 12.5. The van der Waals surface area contributed by atoms with Gasteiger partial charge in [-0.15, -0.1) is 0 Å². The summed E-state index contributed by atoms with van der Waals surface area (Å²) in [5.41, 5.74) is 0.744. The molecule has 0 unspecified atom stereocenters. The Kier molecular flexibility index (Phi) is 2.48. The summed E-state index contributed by atoms with van der Waals surface area (Å²) in [6, 6.07) is 6.63. The third-order valence-electron chi connectivity index (χ3n) is 3.65. The Morgan fingerprint density at radius 3 is 2.63 bits per heavy atom. The van der Waals surface area contributed by atoms with Crippen molar-refractivity contribution in [3.63, 3.8) is 0 Å². The van der Waals surface area contributed by atoms with Gasteiger partial charge in [-0.25, -0.2) is 8.42 Å². The lowest BCUT2D eigenvalue weighted by Gasteiger charge is -2.36. The lowest BCUT2D eigenvalue weighted by Crippen LogP contribution is -2.47. The van der Waals surface area contributed by atoms with Gasteiger partial charge in [-0.3, -0.25) is 9.79 Å². The van der Waals surface area contributed by atoms with Crippen LogP contribution in [0.4, 0.5) is 5.69 Å². The summed E-state index contributed by atoms with van der Waals surface area (Å²) >= 11 is 0. The molecule has 0 N–H and O–H groups in total. The lowest BCUT2D eigenvalue weighted by atomic mass is 9.75. The Hall–Kier alpha value is -1.49. The van der Waals surface area contributed by atoms with Crippen LogP contribution in [0.15, 0.2) is 34.2 Å². The summed E-state index contributed by atoms with van der Waals surface area (Å²) in [5.74, 6) is -0.232. The zero-order chi connectivity index (χ0) is 13.8. The molecule has 1 aliphatic carbocycles. The molecule has 19 heavy (non-hydrogen) atoms. The molecule has 0 spiro atoms. The summed E-state index contributed by atoms with van der Waals surface area (Å²) < 4.78 is 25.1. The highest BCUT2D eigenvalue weighted by Crippen LogP contribution is 2.41. The van der Waals surface area contributed by atoms with E-state index in [0.717, 1.165) is 0 Å². The Morgan fingerprint density at radius 1 is 1.21 bits per heavy atom. The molecule has 0 saturated heterocycles. The van der Waals surface area contributed by atoms with Gasteiger partial charge in [-0.1, -0.05) is 26.0 Å². The molecule has 4 nitrogen and oxygen atoms in total. The van der Waals surface area contributed by atoms with Crippen LogP contribution >= 0.6 is 0 Å². The number of hydrogen-bond acceptors (Lipinski definition) is 4. The molecule has 0 aromatic heterocycles. The van der Waals surface area contributed by atoms with Crippen molar-refractivity contribution in [3.05, 3.63) is 24.3 Å². The molecule has 1 heterocycles. The van der Waals surface area contributed by atoms with Crippen molar-refractivity contribution in [2.24, 2.45) is 10.4 Å². The average molecular weight is 277 g/mol. The molecule has 1 saturated carbocycles. The number of Topliss-reactive ketones (excluding diaryl/α,β-unsaturated/α-hetero) is 1. The molecule has 2 aliphatic rings. The summed E-state index contributed by atoms with van der Waals surface area (Å²) in [5, 5.41) is -1.06. The van der Waals surface area contributed by atoms with E-state index < -0.39 is 15.1 Å². The molecule has 100 valence electrons. The number of benzene rings is 1. The van der Waals surface area contributed by atoms with Crippen molar-refractivity contribution in [2.75, 3.05) is 0 Å². The fourth-order valence-corrected chi connectivity index (χ4v) is 4.77. The minimum absolute atomic E-state index is 0.178. The molecule has 0 amide bonds. The van der Waals surface area contributed by atoms with E-state index in [1.54, 1.807) is 18.2 Å². The number of para-hydroxylation sites is 1. The number of sulfone groups is 1. The van der Waals surface area contributed by atoms with Gasteiger partial charge in [0.2, 0.25) is 0 Å². The van der Waals surface area contributed by atoms with Crippen molar-refractivity contribution in [1.29, 1.82) is 0 Å². The lowest BCUT2D eigenvalue weighted by molar-refractivity contribution is -0.120. The zero-order valence-electron chi connectivity index (χ0n) is 10.9. The summed E-state index contributed by atoms with van der Waals surface area (Å²) in [6.07, 6.45) is 0.842. The van der Waals surface area contributed by atoms with E-state index in [1.807, 2.05) is 13.8 Å². The third kappa shape index (κ3) is 1.84. The van der Waals surface area contributed by atoms with Crippen LogP contribution in [0.25, 0.3) is 0 Å². The third-order valence-corrected chi connectivity index (χ3v) is 5.77. The van der Waals surface area contributed by atoms with E-state index in [0.29, 0.717) is 17.8 Å². The SMILES string of the molecule is CC1(C)CC(=O)[C@@H]2C(=Nc3ccccc3S2(=O)=O)C1. The number of ketones is 1. The monoisotopic (exact) mass is 277 g/mol. The van der Waals surface area contributed by atoms with Gasteiger partial charge in [-0.05, 0) is 24.0 Å². The van der Waals surface area contributed by atoms with Crippen LogP contribution in [-0.4, -0.2) is 25.2 Å². The molecule has 0 bridgehead atoms. The summed E-state index contributed by atoms with van der Waals surface area (Å²) in [6.45, 7) is 3.94. The highest BCUT2D eigenvalue weighted by molar-refractivity contribution is 7.94. The Balaban J connectivity index is 2.25. The molecule has 1 aliphatic heterocycles. The Bertz CT molecular complexity index is 701. The number of hydrogen-bond donors (Lipinski definition) is 0. The first-order valence-electron chi connectivity index (χ1n) is 6.24. The van der Waals surface area contributed by atoms with Crippen LogP contribution in [0.1, 0.15) is 26.7 Å².